The molecule has 0 saturated heterocycles. The zero-order chi connectivity index (χ0) is 25.0. The molecule has 3 aromatic carbocycles. The van der Waals surface area contributed by atoms with Crippen molar-refractivity contribution >= 4 is 54.9 Å². The van der Waals surface area contributed by atoms with E-state index in [4.69, 9.17) is 8.92 Å². The van der Waals surface area contributed by atoms with Crippen LogP contribution >= 0.6 is 11.3 Å². The number of rotatable bonds is 7. The largest absolute Gasteiger partial charge is 0.493 e. The molecule has 35 heavy (non-hydrogen) atoms. The fraction of sp³-hybridized carbons (Fsp3) is 0.0800. The fourth-order valence-corrected chi connectivity index (χ4v) is 5.08. The van der Waals surface area contributed by atoms with Gasteiger partial charge in [0.25, 0.3) is 0 Å². The topological polar surface area (TPSA) is 118 Å². The minimum atomic E-state index is -4.20. The number of nitriles is 1. The monoisotopic (exact) mass is 505 g/mol. The highest BCUT2D eigenvalue weighted by molar-refractivity contribution is 7.87. The Hall–Kier alpha value is -4.20. The molecule has 1 amide bonds. The second-order valence-electron chi connectivity index (χ2n) is 7.31. The van der Waals surface area contributed by atoms with Crippen LogP contribution in [0.3, 0.4) is 0 Å². The van der Waals surface area contributed by atoms with Gasteiger partial charge in [0.1, 0.15) is 16.0 Å². The lowest BCUT2D eigenvalue weighted by Crippen LogP contribution is -2.11. The van der Waals surface area contributed by atoms with Crippen molar-refractivity contribution in [2.24, 2.45) is 0 Å². The van der Waals surface area contributed by atoms with E-state index in [0.29, 0.717) is 21.8 Å². The molecule has 0 unspecified atom stereocenters. The maximum Gasteiger partial charge on any atom is 0.339 e. The first-order valence-corrected chi connectivity index (χ1v) is 12.5. The summed E-state index contributed by atoms with van der Waals surface area (Å²) in [6, 6.07) is 20.1. The Kier molecular flexibility index (Phi) is 6.82. The number of allylic oxidation sites excluding steroid dienone is 1. The maximum absolute atomic E-state index is 12.9. The summed E-state index contributed by atoms with van der Waals surface area (Å²) in [4.78, 5) is 15.6. The molecule has 1 N–H and O–H groups in total. The number of nitrogens with zero attached hydrogens (tertiary/aromatic N) is 2. The first kappa shape index (κ1) is 23.9. The molecule has 0 bridgehead atoms. The molecule has 0 aliphatic rings. The number of anilines is 1. The van der Waals surface area contributed by atoms with E-state index in [1.54, 1.807) is 18.2 Å². The van der Waals surface area contributed by atoms with E-state index in [1.807, 2.05) is 24.3 Å². The molecule has 0 saturated carbocycles. The standard InChI is InChI=1S/C25H19N3O5S2/c1-16(29)27-19-8-10-20(11-9-19)35(30,31)33-23-14-17(7-12-22(23)32-2)13-18(15-26)25-28-21-5-3-4-6-24(21)34-25/h3-14H,1-2H3,(H,27,29)/b18-13+. The number of nitrogens with one attached hydrogen (secondary N) is 1. The van der Waals surface area contributed by atoms with E-state index in [-0.39, 0.29) is 22.3 Å². The quantitative estimate of drug-likeness (QED) is 0.274. The SMILES string of the molecule is COc1ccc(/C=C(\C#N)c2nc3ccccc3s2)cc1OS(=O)(=O)c1ccc(NC(C)=O)cc1. The van der Waals surface area contributed by atoms with E-state index in [2.05, 4.69) is 16.4 Å². The summed E-state index contributed by atoms with van der Waals surface area (Å²) in [5.41, 5.74) is 2.12. The number of methoxy groups -OCH3 is 1. The number of fused-ring (bicyclic) bond motifs is 1. The molecule has 4 rings (SSSR count). The third kappa shape index (κ3) is 5.48. The molecule has 10 heteroatoms. The molecular formula is C25H19N3O5S2. The zero-order valence-corrected chi connectivity index (χ0v) is 20.3. The molecular weight excluding hydrogens is 486 g/mol. The second-order valence-corrected chi connectivity index (χ2v) is 9.89. The normalized spacial score (nSPS) is 11.6. The Bertz CT molecular complexity index is 1550. The van der Waals surface area contributed by atoms with Gasteiger partial charge in [-0.2, -0.15) is 13.7 Å². The van der Waals surface area contributed by atoms with Gasteiger partial charge >= 0.3 is 10.1 Å². The molecule has 0 aliphatic carbocycles. The molecule has 0 aliphatic heterocycles. The lowest BCUT2D eigenvalue weighted by molar-refractivity contribution is -0.114. The smallest absolute Gasteiger partial charge is 0.339 e. The summed E-state index contributed by atoms with van der Waals surface area (Å²) >= 11 is 1.39. The Balaban J connectivity index is 1.65. The Morgan fingerprint density at radius 1 is 1.09 bits per heavy atom. The Labute approximate surface area is 206 Å². The molecule has 0 radical (unpaired) electrons. The van der Waals surface area contributed by atoms with Crippen LogP contribution in [-0.2, 0) is 14.9 Å². The predicted octanol–water partition coefficient (Wildman–Crippen LogP) is 5.10. The third-order valence-electron chi connectivity index (χ3n) is 4.81. The molecule has 176 valence electrons. The lowest BCUT2D eigenvalue weighted by Gasteiger charge is -2.12. The van der Waals surface area contributed by atoms with Gasteiger partial charge in [-0.25, -0.2) is 4.98 Å². The summed E-state index contributed by atoms with van der Waals surface area (Å²) in [5.74, 6) is -0.0955. The van der Waals surface area contributed by atoms with Crippen LogP contribution in [0.2, 0.25) is 0 Å². The first-order valence-electron chi connectivity index (χ1n) is 10.3. The number of amides is 1. The minimum Gasteiger partial charge on any atom is -0.493 e. The van der Waals surface area contributed by atoms with Gasteiger partial charge in [-0.15, -0.1) is 11.3 Å². The van der Waals surface area contributed by atoms with E-state index in [1.165, 1.54) is 55.7 Å². The van der Waals surface area contributed by atoms with Crippen LogP contribution in [0.1, 0.15) is 17.5 Å². The van der Waals surface area contributed by atoms with Crippen molar-refractivity contribution in [2.45, 2.75) is 11.8 Å². The van der Waals surface area contributed by atoms with Crippen molar-refractivity contribution in [1.29, 1.82) is 5.26 Å². The van der Waals surface area contributed by atoms with Crippen molar-refractivity contribution in [3.05, 3.63) is 77.3 Å². The van der Waals surface area contributed by atoms with Crippen LogP contribution in [0, 0.1) is 11.3 Å². The number of carbonyl (C=O) groups excluding carboxylic acids is 1. The Morgan fingerprint density at radius 3 is 2.49 bits per heavy atom. The number of hydrogen-bond acceptors (Lipinski definition) is 8. The number of ether oxygens (including phenoxy) is 1. The van der Waals surface area contributed by atoms with Crippen molar-refractivity contribution in [3.8, 4) is 17.6 Å². The van der Waals surface area contributed by atoms with Crippen molar-refractivity contribution in [1.82, 2.24) is 4.98 Å². The number of thiazole rings is 1. The Morgan fingerprint density at radius 2 is 1.83 bits per heavy atom. The molecule has 1 heterocycles. The van der Waals surface area contributed by atoms with Crippen molar-refractivity contribution in [3.63, 3.8) is 0 Å². The van der Waals surface area contributed by atoms with Crippen LogP contribution in [0.25, 0.3) is 21.9 Å². The predicted molar refractivity (Wildman–Crippen MR) is 135 cm³/mol. The average Bonchev–Trinajstić information content (AvgIpc) is 3.26. The summed E-state index contributed by atoms with van der Waals surface area (Å²) in [6.45, 7) is 1.36. The summed E-state index contributed by atoms with van der Waals surface area (Å²) in [5, 5.41) is 12.8. The highest BCUT2D eigenvalue weighted by atomic mass is 32.2. The summed E-state index contributed by atoms with van der Waals surface area (Å²) in [7, 11) is -2.80. The van der Waals surface area contributed by atoms with E-state index in [0.717, 1.165) is 10.2 Å². The molecule has 0 fully saturated rings. The summed E-state index contributed by atoms with van der Waals surface area (Å²) < 4.78 is 37.3. The number of para-hydroxylation sites is 1. The van der Waals surface area contributed by atoms with Gasteiger partial charge < -0.3 is 14.2 Å². The van der Waals surface area contributed by atoms with Crippen LogP contribution in [0.5, 0.6) is 11.5 Å². The molecule has 4 aromatic rings. The number of carbonyl (C=O) groups is 1. The molecule has 8 nitrogen and oxygen atoms in total. The number of aromatic nitrogens is 1. The number of hydrogen-bond donors (Lipinski definition) is 1. The van der Waals surface area contributed by atoms with Gasteiger partial charge in [0.15, 0.2) is 11.5 Å². The van der Waals surface area contributed by atoms with E-state index >= 15 is 0 Å². The van der Waals surface area contributed by atoms with Crippen molar-refractivity contribution in [2.75, 3.05) is 12.4 Å². The molecule has 0 atom stereocenters. The molecule has 1 aromatic heterocycles. The van der Waals surface area contributed by atoms with Gasteiger partial charge in [-0.1, -0.05) is 18.2 Å². The van der Waals surface area contributed by atoms with Gasteiger partial charge in [0.2, 0.25) is 5.91 Å². The van der Waals surface area contributed by atoms with Gasteiger partial charge in [-0.05, 0) is 60.2 Å². The van der Waals surface area contributed by atoms with E-state index < -0.39 is 10.1 Å². The molecule has 0 spiro atoms. The first-order chi connectivity index (χ1) is 16.8. The average molecular weight is 506 g/mol. The highest BCUT2D eigenvalue weighted by Crippen LogP contribution is 2.33. The van der Waals surface area contributed by atoms with E-state index in [9.17, 15) is 18.5 Å². The third-order valence-corrected chi connectivity index (χ3v) is 7.12. The summed E-state index contributed by atoms with van der Waals surface area (Å²) in [6.07, 6.45) is 1.61. The fourth-order valence-electron chi connectivity index (χ4n) is 3.22. The maximum atomic E-state index is 12.9. The minimum absolute atomic E-state index is 0.0335. The highest BCUT2D eigenvalue weighted by Gasteiger charge is 2.20. The number of benzene rings is 3. The van der Waals surface area contributed by atoms with Gasteiger partial charge in [0.05, 0.1) is 22.9 Å². The zero-order valence-electron chi connectivity index (χ0n) is 18.7. The van der Waals surface area contributed by atoms with Crippen molar-refractivity contribution < 1.29 is 22.1 Å². The van der Waals surface area contributed by atoms with Crippen LogP contribution in [0.4, 0.5) is 5.69 Å². The van der Waals surface area contributed by atoms with Gasteiger partial charge in [-0.3, -0.25) is 4.79 Å². The van der Waals surface area contributed by atoms with Gasteiger partial charge in [0, 0.05) is 12.6 Å². The lowest BCUT2D eigenvalue weighted by atomic mass is 10.1. The van der Waals surface area contributed by atoms with Crippen LogP contribution in [0.15, 0.2) is 71.6 Å². The van der Waals surface area contributed by atoms with Crippen LogP contribution in [-0.4, -0.2) is 26.4 Å². The van der Waals surface area contributed by atoms with Crippen LogP contribution < -0.4 is 14.2 Å². The second kappa shape index (κ2) is 9.97.